The summed E-state index contributed by atoms with van der Waals surface area (Å²) < 4.78 is 3.73. The standard InChI is InChI=1S/C19H21ClN8/c1-2-11-27-17-15(24-19(27)28-12-3-9-23-28)16(21)25-18(26-17)22-10-8-13-4-6-14(20)7-5-13/h3-7,9,12H,2,8,10-11H2,1H3,(H3,21,22,25,26). The predicted octanol–water partition coefficient (Wildman–Crippen LogP) is 3.31. The fraction of sp³-hybridized carbons (Fsp3) is 0.263. The summed E-state index contributed by atoms with van der Waals surface area (Å²) in [6, 6.07) is 9.65. The van der Waals surface area contributed by atoms with Crippen molar-refractivity contribution in [2.75, 3.05) is 17.6 Å². The van der Waals surface area contributed by atoms with Crippen LogP contribution in [0.1, 0.15) is 18.9 Å². The number of nitrogens with zero attached hydrogens (tertiary/aromatic N) is 6. The molecule has 0 saturated heterocycles. The van der Waals surface area contributed by atoms with Crippen molar-refractivity contribution < 1.29 is 0 Å². The van der Waals surface area contributed by atoms with Gasteiger partial charge in [0.2, 0.25) is 11.9 Å². The third-order valence-electron chi connectivity index (χ3n) is 4.37. The Bertz CT molecular complexity index is 1070. The Morgan fingerprint density at radius 3 is 2.68 bits per heavy atom. The molecule has 0 spiro atoms. The van der Waals surface area contributed by atoms with Crippen LogP contribution in [0, 0.1) is 0 Å². The molecule has 0 unspecified atom stereocenters. The number of nitrogen functional groups attached to an aromatic ring is 1. The van der Waals surface area contributed by atoms with Gasteiger partial charge >= 0.3 is 0 Å². The van der Waals surface area contributed by atoms with E-state index in [1.54, 1.807) is 10.9 Å². The molecule has 0 amide bonds. The molecule has 0 saturated carbocycles. The molecular formula is C19H21ClN8. The van der Waals surface area contributed by atoms with Crippen molar-refractivity contribution in [3.8, 4) is 5.95 Å². The van der Waals surface area contributed by atoms with Crippen LogP contribution in [0.5, 0.6) is 0 Å². The summed E-state index contributed by atoms with van der Waals surface area (Å²) in [6.45, 7) is 3.54. The molecule has 3 aromatic heterocycles. The summed E-state index contributed by atoms with van der Waals surface area (Å²) in [5.41, 5.74) is 8.65. The Morgan fingerprint density at radius 1 is 1.14 bits per heavy atom. The first-order valence-corrected chi connectivity index (χ1v) is 9.55. The summed E-state index contributed by atoms with van der Waals surface area (Å²) in [6.07, 6.45) is 5.32. The molecule has 9 heteroatoms. The maximum atomic E-state index is 6.18. The molecule has 0 aliphatic carbocycles. The molecule has 4 aromatic rings. The van der Waals surface area contributed by atoms with Crippen LogP contribution in [-0.2, 0) is 13.0 Å². The van der Waals surface area contributed by atoms with Gasteiger partial charge in [-0.1, -0.05) is 30.7 Å². The van der Waals surface area contributed by atoms with E-state index in [9.17, 15) is 0 Å². The average Bonchev–Trinajstić information content (AvgIpc) is 3.33. The highest BCUT2D eigenvalue weighted by molar-refractivity contribution is 6.30. The minimum Gasteiger partial charge on any atom is -0.382 e. The van der Waals surface area contributed by atoms with Crippen molar-refractivity contribution in [2.24, 2.45) is 0 Å². The number of imidazole rings is 1. The van der Waals surface area contributed by atoms with E-state index in [1.807, 2.05) is 41.1 Å². The predicted molar refractivity (Wildman–Crippen MR) is 111 cm³/mol. The number of rotatable bonds is 7. The monoisotopic (exact) mass is 396 g/mol. The first kappa shape index (κ1) is 18.2. The number of aryl methyl sites for hydroxylation is 1. The first-order chi connectivity index (χ1) is 13.7. The molecule has 4 rings (SSSR count). The lowest BCUT2D eigenvalue weighted by Gasteiger charge is -2.09. The zero-order valence-electron chi connectivity index (χ0n) is 15.5. The zero-order chi connectivity index (χ0) is 19.5. The lowest BCUT2D eigenvalue weighted by Crippen LogP contribution is -2.11. The van der Waals surface area contributed by atoms with Gasteiger partial charge in [-0.05, 0) is 36.6 Å². The van der Waals surface area contributed by atoms with Gasteiger partial charge in [-0.15, -0.1) is 0 Å². The number of halogens is 1. The van der Waals surface area contributed by atoms with E-state index >= 15 is 0 Å². The van der Waals surface area contributed by atoms with Crippen molar-refractivity contribution in [1.29, 1.82) is 0 Å². The van der Waals surface area contributed by atoms with E-state index in [-0.39, 0.29) is 0 Å². The quantitative estimate of drug-likeness (QED) is 0.497. The first-order valence-electron chi connectivity index (χ1n) is 9.17. The molecule has 3 N–H and O–H groups in total. The molecule has 0 bridgehead atoms. The minimum absolute atomic E-state index is 0.349. The van der Waals surface area contributed by atoms with Gasteiger partial charge in [0.05, 0.1) is 0 Å². The second-order valence-electron chi connectivity index (χ2n) is 6.42. The van der Waals surface area contributed by atoms with Crippen molar-refractivity contribution >= 4 is 34.5 Å². The van der Waals surface area contributed by atoms with Crippen LogP contribution in [-0.4, -0.2) is 35.8 Å². The maximum Gasteiger partial charge on any atom is 0.233 e. The van der Waals surface area contributed by atoms with Crippen LogP contribution < -0.4 is 11.1 Å². The molecule has 8 nitrogen and oxygen atoms in total. The largest absolute Gasteiger partial charge is 0.382 e. The lowest BCUT2D eigenvalue weighted by molar-refractivity contribution is 0.647. The van der Waals surface area contributed by atoms with Gasteiger partial charge in [0.25, 0.3) is 0 Å². The van der Waals surface area contributed by atoms with Gasteiger partial charge in [0.15, 0.2) is 17.0 Å². The molecule has 28 heavy (non-hydrogen) atoms. The minimum atomic E-state index is 0.349. The van der Waals surface area contributed by atoms with Crippen LogP contribution in [0.4, 0.5) is 11.8 Å². The normalized spacial score (nSPS) is 11.2. The third-order valence-corrected chi connectivity index (χ3v) is 4.62. The third kappa shape index (κ3) is 3.63. The molecule has 0 aliphatic rings. The molecular weight excluding hydrogens is 376 g/mol. The maximum absolute atomic E-state index is 6.18. The van der Waals surface area contributed by atoms with Gasteiger partial charge in [-0.25, -0.2) is 9.67 Å². The summed E-state index contributed by atoms with van der Waals surface area (Å²) in [4.78, 5) is 13.7. The van der Waals surface area contributed by atoms with Crippen LogP contribution in [0.15, 0.2) is 42.7 Å². The summed E-state index contributed by atoms with van der Waals surface area (Å²) >= 11 is 5.93. The van der Waals surface area contributed by atoms with Crippen molar-refractivity contribution in [2.45, 2.75) is 26.3 Å². The van der Waals surface area contributed by atoms with Gasteiger partial charge in [-0.2, -0.15) is 15.1 Å². The van der Waals surface area contributed by atoms with Crippen molar-refractivity contribution in [3.05, 3.63) is 53.3 Å². The van der Waals surface area contributed by atoms with Crippen LogP contribution in [0.25, 0.3) is 17.1 Å². The number of hydrogen-bond donors (Lipinski definition) is 2. The number of anilines is 2. The Balaban J connectivity index is 1.61. The SMILES string of the molecule is CCCn1c(-n2cccn2)nc2c(N)nc(NCCc3ccc(Cl)cc3)nc21. The van der Waals surface area contributed by atoms with Crippen LogP contribution in [0.2, 0.25) is 5.02 Å². The summed E-state index contributed by atoms with van der Waals surface area (Å²) in [5.74, 6) is 1.52. The van der Waals surface area contributed by atoms with E-state index in [2.05, 4.69) is 32.3 Å². The number of hydrogen-bond acceptors (Lipinski definition) is 6. The van der Waals surface area contributed by atoms with Gasteiger partial charge in [0.1, 0.15) is 0 Å². The lowest BCUT2D eigenvalue weighted by atomic mass is 10.1. The highest BCUT2D eigenvalue weighted by Crippen LogP contribution is 2.23. The summed E-state index contributed by atoms with van der Waals surface area (Å²) in [7, 11) is 0. The van der Waals surface area contributed by atoms with Gasteiger partial charge in [0, 0.05) is 30.5 Å². The number of nitrogens with two attached hydrogens (primary N) is 1. The van der Waals surface area contributed by atoms with Gasteiger partial charge < -0.3 is 11.1 Å². The second-order valence-corrected chi connectivity index (χ2v) is 6.86. The highest BCUT2D eigenvalue weighted by atomic mass is 35.5. The second kappa shape index (κ2) is 7.85. The van der Waals surface area contributed by atoms with Gasteiger partial charge in [-0.3, -0.25) is 4.57 Å². The Morgan fingerprint density at radius 2 is 1.96 bits per heavy atom. The Kier molecular flexibility index (Phi) is 5.12. The van der Waals surface area contributed by atoms with E-state index in [1.165, 1.54) is 5.56 Å². The fourth-order valence-corrected chi connectivity index (χ4v) is 3.18. The van der Waals surface area contributed by atoms with E-state index in [4.69, 9.17) is 17.3 Å². The molecule has 0 radical (unpaired) electrons. The smallest absolute Gasteiger partial charge is 0.233 e. The van der Waals surface area contributed by atoms with Crippen LogP contribution >= 0.6 is 11.6 Å². The van der Waals surface area contributed by atoms with Crippen molar-refractivity contribution in [1.82, 2.24) is 29.3 Å². The Hall–Kier alpha value is -3.13. The zero-order valence-corrected chi connectivity index (χ0v) is 16.3. The highest BCUT2D eigenvalue weighted by Gasteiger charge is 2.17. The number of benzene rings is 1. The molecule has 144 valence electrons. The molecule has 1 aromatic carbocycles. The molecule has 0 aliphatic heterocycles. The fourth-order valence-electron chi connectivity index (χ4n) is 3.05. The number of nitrogens with one attached hydrogen (secondary N) is 1. The molecule has 0 fully saturated rings. The molecule has 3 heterocycles. The topological polar surface area (TPSA) is 99.5 Å². The van der Waals surface area contributed by atoms with E-state index in [0.717, 1.165) is 24.4 Å². The Labute approximate surface area is 167 Å². The van der Waals surface area contributed by atoms with E-state index in [0.29, 0.717) is 35.4 Å². The number of fused-ring (bicyclic) bond motifs is 1. The van der Waals surface area contributed by atoms with E-state index < -0.39 is 0 Å². The van der Waals surface area contributed by atoms with Crippen molar-refractivity contribution in [3.63, 3.8) is 0 Å². The van der Waals surface area contributed by atoms with Crippen LogP contribution in [0.3, 0.4) is 0 Å². The molecule has 0 atom stereocenters. The summed E-state index contributed by atoms with van der Waals surface area (Å²) in [5, 5.41) is 8.27. The number of aromatic nitrogens is 6. The average molecular weight is 397 g/mol.